The van der Waals surface area contributed by atoms with Gasteiger partial charge in [0.05, 0.1) is 16.8 Å². The Bertz CT molecular complexity index is 994. The summed E-state index contributed by atoms with van der Waals surface area (Å²) in [6.07, 6.45) is 14.0. The minimum Gasteiger partial charge on any atom is -0.352 e. The predicted octanol–water partition coefficient (Wildman–Crippen LogP) is 8.11. The summed E-state index contributed by atoms with van der Waals surface area (Å²) in [4.78, 5) is 17.9. The fourth-order valence-corrected chi connectivity index (χ4v) is 4.33. The number of aryl methyl sites for hydroxylation is 1. The van der Waals surface area contributed by atoms with Crippen molar-refractivity contribution < 1.29 is 4.79 Å². The minimum atomic E-state index is -0.00375. The molecule has 1 heterocycles. The van der Waals surface area contributed by atoms with Gasteiger partial charge in [0.1, 0.15) is 0 Å². The van der Waals surface area contributed by atoms with E-state index in [2.05, 4.69) is 43.4 Å². The van der Waals surface area contributed by atoms with Crippen molar-refractivity contribution in [1.82, 2.24) is 10.3 Å². The predicted molar refractivity (Wildman–Crippen MR) is 141 cm³/mol. The summed E-state index contributed by atoms with van der Waals surface area (Å²) in [6, 6.07) is 18.3. The molecule has 3 nitrogen and oxygen atoms in total. The van der Waals surface area contributed by atoms with Crippen LogP contribution in [0.5, 0.6) is 0 Å². The van der Waals surface area contributed by atoms with Gasteiger partial charge in [0.2, 0.25) is 0 Å². The molecule has 33 heavy (non-hydrogen) atoms. The maximum atomic E-state index is 13.1. The van der Waals surface area contributed by atoms with Crippen molar-refractivity contribution in [3.05, 3.63) is 65.7 Å². The fourth-order valence-electron chi connectivity index (χ4n) is 4.33. The molecule has 1 aromatic heterocycles. The fraction of sp³-hybridized carbons (Fsp3) is 0.467. The molecule has 3 rings (SSSR count). The lowest BCUT2D eigenvalue weighted by Gasteiger charge is -2.11. The first-order valence-corrected chi connectivity index (χ1v) is 13.0. The van der Waals surface area contributed by atoms with Gasteiger partial charge >= 0.3 is 0 Å². The number of rotatable bonds is 14. The first kappa shape index (κ1) is 25.0. The number of hydrogen-bond donors (Lipinski definition) is 1. The second kappa shape index (κ2) is 13.8. The summed E-state index contributed by atoms with van der Waals surface area (Å²) in [5, 5.41) is 4.06. The number of fused-ring (bicyclic) bond motifs is 1. The molecular weight excluding hydrogens is 404 g/mol. The van der Waals surface area contributed by atoms with Gasteiger partial charge in [-0.3, -0.25) is 4.79 Å². The Kier molecular flexibility index (Phi) is 10.4. The number of nitrogens with one attached hydrogen (secondary N) is 1. The molecule has 176 valence electrons. The molecule has 3 heteroatoms. The second-order valence-corrected chi connectivity index (χ2v) is 9.06. The third-order valence-electron chi connectivity index (χ3n) is 6.43. The summed E-state index contributed by atoms with van der Waals surface area (Å²) >= 11 is 0. The molecule has 0 aliphatic rings. The van der Waals surface area contributed by atoms with E-state index in [-0.39, 0.29) is 5.91 Å². The lowest BCUT2D eigenvalue weighted by atomic mass is 10.0. The Labute approximate surface area is 200 Å². The molecular formula is C30H40N2O. The van der Waals surface area contributed by atoms with Gasteiger partial charge in [0.15, 0.2) is 0 Å². The Balaban J connectivity index is 1.53. The molecule has 0 saturated heterocycles. The average molecular weight is 445 g/mol. The van der Waals surface area contributed by atoms with Crippen LogP contribution in [0.2, 0.25) is 0 Å². The Hall–Kier alpha value is -2.68. The second-order valence-electron chi connectivity index (χ2n) is 9.06. The van der Waals surface area contributed by atoms with Crippen LogP contribution >= 0.6 is 0 Å². The van der Waals surface area contributed by atoms with Gasteiger partial charge < -0.3 is 5.32 Å². The molecule has 0 bridgehead atoms. The van der Waals surface area contributed by atoms with Crippen LogP contribution in [0.15, 0.2) is 54.6 Å². The monoisotopic (exact) mass is 444 g/mol. The van der Waals surface area contributed by atoms with E-state index in [9.17, 15) is 4.79 Å². The molecule has 2 aromatic carbocycles. The number of pyridine rings is 1. The number of amides is 1. The molecule has 0 unspecified atom stereocenters. The van der Waals surface area contributed by atoms with E-state index in [1.807, 2.05) is 30.3 Å². The van der Waals surface area contributed by atoms with Gasteiger partial charge in [0, 0.05) is 17.5 Å². The largest absolute Gasteiger partial charge is 0.352 e. The number of aromatic nitrogens is 1. The summed E-state index contributed by atoms with van der Waals surface area (Å²) < 4.78 is 0. The first-order chi connectivity index (χ1) is 16.2. The van der Waals surface area contributed by atoms with Crippen LogP contribution < -0.4 is 5.32 Å². The number of para-hydroxylation sites is 1. The molecule has 0 saturated carbocycles. The molecule has 1 N–H and O–H groups in total. The lowest BCUT2D eigenvalue weighted by molar-refractivity contribution is 0.0954. The zero-order chi connectivity index (χ0) is 23.3. The smallest absolute Gasteiger partial charge is 0.252 e. The van der Waals surface area contributed by atoms with Crippen molar-refractivity contribution in [2.24, 2.45) is 0 Å². The van der Waals surface area contributed by atoms with Crippen LogP contribution in [0.3, 0.4) is 0 Å². The number of nitrogens with zero attached hydrogens (tertiary/aromatic N) is 1. The van der Waals surface area contributed by atoms with E-state index in [1.165, 1.54) is 63.4 Å². The summed E-state index contributed by atoms with van der Waals surface area (Å²) in [7, 11) is 0. The van der Waals surface area contributed by atoms with Crippen LogP contribution in [-0.4, -0.2) is 17.4 Å². The zero-order valence-corrected chi connectivity index (χ0v) is 20.5. The Morgan fingerprint density at radius 3 is 2.09 bits per heavy atom. The van der Waals surface area contributed by atoms with Crippen molar-refractivity contribution in [1.29, 1.82) is 0 Å². The summed E-state index contributed by atoms with van der Waals surface area (Å²) in [5.41, 5.74) is 4.76. The molecule has 0 aliphatic heterocycles. The molecule has 1 amide bonds. The van der Waals surface area contributed by atoms with E-state index >= 15 is 0 Å². The third-order valence-corrected chi connectivity index (χ3v) is 6.43. The van der Waals surface area contributed by atoms with Crippen molar-refractivity contribution >= 4 is 16.8 Å². The number of carbonyl (C=O) groups is 1. The summed E-state index contributed by atoms with van der Waals surface area (Å²) in [6.45, 7) is 5.15. The highest BCUT2D eigenvalue weighted by Gasteiger charge is 2.13. The number of benzene rings is 2. The Morgan fingerprint density at radius 2 is 1.42 bits per heavy atom. The normalized spacial score (nSPS) is 11.1. The molecule has 0 radical (unpaired) electrons. The summed E-state index contributed by atoms with van der Waals surface area (Å²) in [5.74, 6) is -0.00375. The minimum absolute atomic E-state index is 0.00375. The van der Waals surface area contributed by atoms with Gasteiger partial charge in [-0.2, -0.15) is 0 Å². The van der Waals surface area contributed by atoms with Crippen LogP contribution in [0.25, 0.3) is 22.2 Å². The standard InChI is InChI=1S/C30H40N2O/c1-3-5-6-7-8-9-10-11-12-15-22-31-30(33)27-23-29(25-20-18-24(4-2)19-21-25)32-28-17-14-13-16-26(27)28/h13-14,16-21,23H,3-12,15,22H2,1-2H3,(H,31,33). The van der Waals surface area contributed by atoms with E-state index < -0.39 is 0 Å². The number of carbonyl (C=O) groups excluding carboxylic acids is 1. The lowest BCUT2D eigenvalue weighted by Crippen LogP contribution is -2.24. The van der Waals surface area contributed by atoms with Gasteiger partial charge in [-0.15, -0.1) is 0 Å². The molecule has 0 atom stereocenters. The van der Waals surface area contributed by atoms with E-state index in [4.69, 9.17) is 4.98 Å². The quantitative estimate of drug-likeness (QED) is 0.255. The van der Waals surface area contributed by atoms with E-state index in [1.54, 1.807) is 0 Å². The molecule has 0 spiro atoms. The van der Waals surface area contributed by atoms with Gasteiger partial charge in [-0.25, -0.2) is 4.98 Å². The maximum Gasteiger partial charge on any atom is 0.252 e. The SMILES string of the molecule is CCCCCCCCCCCCNC(=O)c1cc(-c2ccc(CC)cc2)nc2ccccc12. The highest BCUT2D eigenvalue weighted by atomic mass is 16.1. The molecule has 0 aliphatic carbocycles. The van der Waals surface area contributed by atoms with E-state index in [0.29, 0.717) is 5.56 Å². The van der Waals surface area contributed by atoms with Crippen LogP contribution in [0.1, 0.15) is 94.0 Å². The van der Waals surface area contributed by atoms with Gasteiger partial charge in [0.25, 0.3) is 5.91 Å². The Morgan fingerprint density at radius 1 is 0.788 bits per heavy atom. The number of unbranched alkanes of at least 4 members (excludes halogenated alkanes) is 9. The van der Waals surface area contributed by atoms with Crippen molar-refractivity contribution in [2.75, 3.05) is 6.54 Å². The topological polar surface area (TPSA) is 42.0 Å². The number of hydrogen-bond acceptors (Lipinski definition) is 2. The molecule has 0 fully saturated rings. The zero-order valence-electron chi connectivity index (χ0n) is 20.5. The van der Waals surface area contributed by atoms with Crippen molar-refractivity contribution in [2.45, 2.75) is 84.5 Å². The highest BCUT2D eigenvalue weighted by molar-refractivity contribution is 6.07. The van der Waals surface area contributed by atoms with E-state index in [0.717, 1.165) is 41.5 Å². The van der Waals surface area contributed by atoms with Gasteiger partial charge in [-0.05, 0) is 30.5 Å². The highest BCUT2D eigenvalue weighted by Crippen LogP contribution is 2.25. The third kappa shape index (κ3) is 7.70. The van der Waals surface area contributed by atoms with Crippen molar-refractivity contribution in [3.8, 4) is 11.3 Å². The van der Waals surface area contributed by atoms with Crippen molar-refractivity contribution in [3.63, 3.8) is 0 Å². The van der Waals surface area contributed by atoms with Crippen LogP contribution in [-0.2, 0) is 6.42 Å². The van der Waals surface area contributed by atoms with Crippen LogP contribution in [0.4, 0.5) is 0 Å². The van der Waals surface area contributed by atoms with Crippen LogP contribution in [0, 0.1) is 0 Å². The molecule has 3 aromatic rings. The first-order valence-electron chi connectivity index (χ1n) is 13.0. The van der Waals surface area contributed by atoms with Gasteiger partial charge in [-0.1, -0.05) is 114 Å². The maximum absolute atomic E-state index is 13.1. The average Bonchev–Trinajstić information content (AvgIpc) is 2.86.